The van der Waals surface area contributed by atoms with E-state index in [9.17, 15) is 36.6 Å². The largest absolute Gasteiger partial charge is 0.494 e. The number of aliphatic hydroxyl groups is 1. The number of carbonyl (C=O) groups is 2. The molecule has 5 aromatic rings. The molecule has 0 saturated carbocycles. The number of amides is 2. The van der Waals surface area contributed by atoms with Crippen LogP contribution in [0.15, 0.2) is 66.9 Å². The highest BCUT2D eigenvalue weighted by Crippen LogP contribution is 2.40. The lowest BCUT2D eigenvalue weighted by molar-refractivity contribution is -0.117. The number of primary amides is 1. The number of halogens is 6. The van der Waals surface area contributed by atoms with E-state index >= 15 is 4.39 Å². The van der Waals surface area contributed by atoms with Crippen molar-refractivity contribution in [3.63, 3.8) is 0 Å². The first-order valence-corrected chi connectivity index (χ1v) is 14.9. The summed E-state index contributed by atoms with van der Waals surface area (Å²) in [5.74, 6) is -4.68. The highest BCUT2D eigenvalue weighted by Gasteiger charge is 2.36. The number of pyridine rings is 1. The number of ether oxygens (including phenoxy) is 2. The molecule has 0 unspecified atom stereocenters. The summed E-state index contributed by atoms with van der Waals surface area (Å²) in [6.45, 7) is -2.09. The van der Waals surface area contributed by atoms with E-state index in [0.717, 1.165) is 6.20 Å². The molecule has 0 radical (unpaired) electrons. The number of carbonyl (C=O) groups excluding carboxylic acids is 2. The Labute approximate surface area is 280 Å². The summed E-state index contributed by atoms with van der Waals surface area (Å²) in [5, 5.41) is 18.9. The third kappa shape index (κ3) is 7.05. The van der Waals surface area contributed by atoms with Crippen LogP contribution in [0.25, 0.3) is 22.2 Å². The van der Waals surface area contributed by atoms with Crippen LogP contribution in [-0.2, 0) is 16.8 Å². The van der Waals surface area contributed by atoms with Crippen molar-refractivity contribution in [2.45, 2.75) is 31.9 Å². The second-order valence-electron chi connectivity index (χ2n) is 11.0. The minimum atomic E-state index is -3.34. The second kappa shape index (κ2) is 14.5. The van der Waals surface area contributed by atoms with E-state index in [2.05, 4.69) is 15.4 Å². The maximum absolute atomic E-state index is 15.4. The van der Waals surface area contributed by atoms with Crippen LogP contribution in [0.3, 0.4) is 0 Å². The van der Waals surface area contributed by atoms with Crippen LogP contribution in [0, 0.1) is 11.6 Å². The molecule has 5 rings (SSSR count). The monoisotopic (exact) mass is 701 g/mol. The van der Waals surface area contributed by atoms with Gasteiger partial charge in [-0.2, -0.15) is 13.9 Å². The third-order valence-corrected chi connectivity index (χ3v) is 7.73. The third-order valence-electron chi connectivity index (χ3n) is 7.73. The van der Waals surface area contributed by atoms with E-state index in [1.165, 1.54) is 37.4 Å². The Morgan fingerprint density at radius 1 is 1.04 bits per heavy atom. The standard InChI is InChI=1S/C34H29F6N5O5/c1-3-50-30-17(12-27(41)46)11-26(43-29(30)21-13-22(31(37)38)24(36)14-23(21)35)34(48,20-7-5-4-6-8-20)16-42-32(47)18-9-19-15-45(33(39)40)44-28(19)25(10-18)49-2/h4-11,13-15,31,33,48H,3,12,16H2,1-2H3,(H2,41,46)(H,42,47)/t34-/m1/s1. The van der Waals surface area contributed by atoms with Crippen LogP contribution in [-0.4, -0.2) is 51.9 Å². The van der Waals surface area contributed by atoms with Crippen LogP contribution in [0.1, 0.15) is 52.6 Å². The Balaban J connectivity index is 1.66. The molecule has 1 atom stereocenters. The number of rotatable bonds is 13. The molecule has 0 bridgehead atoms. The van der Waals surface area contributed by atoms with Crippen molar-refractivity contribution in [2.75, 3.05) is 20.3 Å². The minimum Gasteiger partial charge on any atom is -0.494 e. The number of aromatic nitrogens is 3. The maximum Gasteiger partial charge on any atom is 0.333 e. The molecule has 2 heterocycles. The highest BCUT2D eigenvalue weighted by molar-refractivity contribution is 6.00. The summed E-state index contributed by atoms with van der Waals surface area (Å²) in [7, 11) is 1.26. The Hall–Kier alpha value is -5.64. The van der Waals surface area contributed by atoms with Crippen LogP contribution in [0.4, 0.5) is 26.3 Å². The summed E-state index contributed by atoms with van der Waals surface area (Å²) in [4.78, 5) is 30.1. The Morgan fingerprint density at radius 2 is 1.76 bits per heavy atom. The van der Waals surface area contributed by atoms with Crippen molar-refractivity contribution < 1.29 is 50.5 Å². The van der Waals surface area contributed by atoms with E-state index in [4.69, 9.17) is 15.2 Å². The Bertz CT molecular complexity index is 2060. The first-order chi connectivity index (χ1) is 23.8. The van der Waals surface area contributed by atoms with Gasteiger partial charge in [0.05, 0.1) is 37.9 Å². The number of nitrogens with zero attached hydrogens (tertiary/aromatic N) is 3. The van der Waals surface area contributed by atoms with Crippen LogP contribution in [0.2, 0.25) is 0 Å². The molecule has 262 valence electrons. The average molecular weight is 702 g/mol. The first kappa shape index (κ1) is 35.7. The number of nitrogens with two attached hydrogens (primary N) is 1. The van der Waals surface area contributed by atoms with Crippen molar-refractivity contribution in [1.29, 1.82) is 0 Å². The Kier molecular flexibility index (Phi) is 10.3. The van der Waals surface area contributed by atoms with Crippen LogP contribution in [0.5, 0.6) is 11.5 Å². The van der Waals surface area contributed by atoms with Gasteiger partial charge in [-0.15, -0.1) is 0 Å². The lowest BCUT2D eigenvalue weighted by Crippen LogP contribution is -2.42. The van der Waals surface area contributed by atoms with Gasteiger partial charge in [0.2, 0.25) is 5.91 Å². The molecule has 0 aliphatic carbocycles. The topological polar surface area (TPSA) is 142 Å². The molecule has 2 amide bonds. The number of fused-ring (bicyclic) bond motifs is 1. The molecule has 2 aromatic heterocycles. The van der Waals surface area contributed by atoms with E-state index in [1.807, 2.05) is 0 Å². The normalized spacial score (nSPS) is 12.7. The lowest BCUT2D eigenvalue weighted by Gasteiger charge is -2.30. The SMILES string of the molecule is CCOc1c(CC(N)=O)cc([C@@](O)(CNC(=O)c2cc(OC)c3nn(C(F)F)cc3c2)c2ccccc2)nc1-c1cc(C(F)F)c(F)cc1F. The van der Waals surface area contributed by atoms with Gasteiger partial charge in [-0.05, 0) is 36.8 Å². The first-order valence-electron chi connectivity index (χ1n) is 14.9. The fraction of sp³-hybridized carbons (Fsp3) is 0.235. The molecular formula is C34H29F6N5O5. The maximum atomic E-state index is 15.4. The van der Waals surface area contributed by atoms with Gasteiger partial charge in [-0.25, -0.2) is 27.2 Å². The quantitative estimate of drug-likeness (QED) is 0.132. The van der Waals surface area contributed by atoms with E-state index in [0.29, 0.717) is 10.7 Å². The summed E-state index contributed by atoms with van der Waals surface area (Å²) in [5.41, 5.74) is 0.860. The molecule has 0 fully saturated rings. The average Bonchev–Trinajstić information content (AvgIpc) is 3.52. The second-order valence-corrected chi connectivity index (χ2v) is 11.0. The zero-order valence-corrected chi connectivity index (χ0v) is 26.4. The summed E-state index contributed by atoms with van der Waals surface area (Å²) < 4.78 is 95.1. The number of methoxy groups -OCH3 is 1. The van der Waals surface area contributed by atoms with Gasteiger partial charge in [-0.1, -0.05) is 30.3 Å². The van der Waals surface area contributed by atoms with E-state index in [-0.39, 0.29) is 57.5 Å². The highest BCUT2D eigenvalue weighted by atomic mass is 19.3. The fourth-order valence-corrected chi connectivity index (χ4v) is 5.39. The molecule has 3 aromatic carbocycles. The predicted molar refractivity (Wildman–Crippen MR) is 168 cm³/mol. The van der Waals surface area contributed by atoms with Gasteiger partial charge >= 0.3 is 6.55 Å². The van der Waals surface area contributed by atoms with Crippen molar-refractivity contribution in [1.82, 2.24) is 20.1 Å². The number of benzene rings is 3. The van der Waals surface area contributed by atoms with Gasteiger partial charge in [-0.3, -0.25) is 9.59 Å². The van der Waals surface area contributed by atoms with Gasteiger partial charge < -0.3 is 25.6 Å². The smallest absolute Gasteiger partial charge is 0.333 e. The molecule has 0 aliphatic rings. The molecule has 0 aliphatic heterocycles. The van der Waals surface area contributed by atoms with Gasteiger partial charge in [0.15, 0.2) is 0 Å². The predicted octanol–water partition coefficient (Wildman–Crippen LogP) is 5.81. The summed E-state index contributed by atoms with van der Waals surface area (Å²) in [6, 6.07) is 12.3. The summed E-state index contributed by atoms with van der Waals surface area (Å²) >= 11 is 0. The number of nitrogens with one attached hydrogen (secondary N) is 1. The minimum absolute atomic E-state index is 0.0174. The summed E-state index contributed by atoms with van der Waals surface area (Å²) in [6.07, 6.45) is -2.84. The number of hydrogen-bond donors (Lipinski definition) is 3. The van der Waals surface area contributed by atoms with Crippen molar-refractivity contribution >= 4 is 22.7 Å². The fourth-order valence-electron chi connectivity index (χ4n) is 5.39. The zero-order chi connectivity index (χ0) is 36.3. The molecule has 0 saturated heterocycles. The number of hydrogen-bond acceptors (Lipinski definition) is 7. The molecule has 16 heteroatoms. The van der Waals surface area contributed by atoms with Gasteiger partial charge in [0.25, 0.3) is 12.3 Å². The molecule has 50 heavy (non-hydrogen) atoms. The van der Waals surface area contributed by atoms with Crippen molar-refractivity contribution in [3.8, 4) is 22.8 Å². The van der Waals surface area contributed by atoms with Crippen LogP contribution < -0.4 is 20.5 Å². The molecular weight excluding hydrogens is 672 g/mol. The molecule has 4 N–H and O–H groups in total. The molecule has 0 spiro atoms. The zero-order valence-electron chi connectivity index (χ0n) is 26.4. The van der Waals surface area contributed by atoms with E-state index in [1.54, 1.807) is 25.1 Å². The molecule has 10 nitrogen and oxygen atoms in total. The van der Waals surface area contributed by atoms with Crippen molar-refractivity contribution in [3.05, 3.63) is 106 Å². The Morgan fingerprint density at radius 3 is 2.38 bits per heavy atom. The van der Waals surface area contributed by atoms with E-state index < -0.39 is 71.8 Å². The van der Waals surface area contributed by atoms with Gasteiger partial charge in [0.1, 0.15) is 39.9 Å². The van der Waals surface area contributed by atoms with Crippen molar-refractivity contribution in [2.24, 2.45) is 5.73 Å². The van der Waals surface area contributed by atoms with Gasteiger partial charge in [0, 0.05) is 34.3 Å². The number of alkyl halides is 4. The lowest BCUT2D eigenvalue weighted by atomic mass is 9.87. The van der Waals surface area contributed by atoms with Crippen LogP contribution >= 0.6 is 0 Å².